The Balaban J connectivity index is 1.91. The molecule has 0 aromatic carbocycles. The Bertz CT molecular complexity index is 310. The lowest BCUT2D eigenvalue weighted by Crippen LogP contribution is -2.52. The molecule has 0 bridgehead atoms. The molecule has 2 heterocycles. The van der Waals surface area contributed by atoms with E-state index in [0.717, 1.165) is 42.7 Å². The summed E-state index contributed by atoms with van der Waals surface area (Å²) in [6.07, 6.45) is 6.50. The lowest BCUT2D eigenvalue weighted by molar-refractivity contribution is -0.314. The van der Waals surface area contributed by atoms with Crippen molar-refractivity contribution in [3.63, 3.8) is 0 Å². The van der Waals surface area contributed by atoms with Gasteiger partial charge in [0, 0.05) is 18.4 Å². The summed E-state index contributed by atoms with van der Waals surface area (Å²) in [6.45, 7) is 1.21. The molecule has 100 valence electrons. The number of rotatable bonds is 0. The zero-order chi connectivity index (χ0) is 12.1. The Kier molecular flexibility index (Phi) is 4.68. The van der Waals surface area contributed by atoms with Gasteiger partial charge in [0.05, 0.1) is 0 Å². The summed E-state index contributed by atoms with van der Waals surface area (Å²) in [7, 11) is -3.95. The molecule has 0 aliphatic carbocycles. The van der Waals surface area contributed by atoms with Crippen molar-refractivity contribution >= 4 is 10.4 Å². The molecule has 2 aliphatic heterocycles. The molecular formula is C8H18N4O4S. The van der Waals surface area contributed by atoms with Crippen LogP contribution in [-0.2, 0) is 19.0 Å². The second-order valence-electron chi connectivity index (χ2n) is 4.07. The van der Waals surface area contributed by atoms with Crippen LogP contribution in [0.15, 0.2) is 0 Å². The van der Waals surface area contributed by atoms with Crippen molar-refractivity contribution < 1.29 is 17.0 Å². The van der Waals surface area contributed by atoms with Crippen LogP contribution in [0.3, 0.4) is 0 Å². The van der Waals surface area contributed by atoms with Gasteiger partial charge in [0.15, 0.2) is 0 Å². The van der Waals surface area contributed by atoms with E-state index in [2.05, 4.69) is 19.5 Å². The van der Waals surface area contributed by atoms with E-state index in [1.807, 2.05) is 0 Å². The van der Waals surface area contributed by atoms with Crippen LogP contribution in [0, 0.1) is 0 Å². The maximum atomic E-state index is 11.1. The van der Waals surface area contributed by atoms with Crippen LogP contribution >= 0.6 is 0 Å². The first-order chi connectivity index (χ1) is 8.17. The molecule has 0 saturated carbocycles. The van der Waals surface area contributed by atoms with Crippen LogP contribution in [-0.4, -0.2) is 32.0 Å². The number of hydrogen-bond acceptors (Lipinski definition) is 8. The number of hydrogen-bond donors (Lipinski definition) is 2. The minimum absolute atomic E-state index is 0.466. The quantitative estimate of drug-likeness (QED) is 0.633. The Hall–Kier alpha value is -0.290. The maximum absolute atomic E-state index is 11.1. The van der Waals surface area contributed by atoms with Gasteiger partial charge in [-0.25, -0.2) is 5.43 Å². The summed E-state index contributed by atoms with van der Waals surface area (Å²) >= 11 is 0. The predicted octanol–water partition coefficient (Wildman–Crippen LogP) is -0.00960. The largest absolute Gasteiger partial charge is 0.436 e. The van der Waals surface area contributed by atoms with E-state index < -0.39 is 10.4 Å². The second-order valence-corrected chi connectivity index (χ2v) is 5.18. The molecule has 0 atom stereocenters. The zero-order valence-electron chi connectivity index (χ0n) is 9.59. The molecule has 8 nitrogen and oxygen atoms in total. The third-order valence-corrected chi connectivity index (χ3v) is 3.30. The molecular weight excluding hydrogens is 248 g/mol. The van der Waals surface area contributed by atoms with Crippen molar-refractivity contribution in [2.24, 2.45) is 0 Å². The Morgan fingerprint density at radius 2 is 1.65 bits per heavy atom. The van der Waals surface area contributed by atoms with E-state index in [-0.39, 0.29) is 0 Å². The highest BCUT2D eigenvalue weighted by Crippen LogP contribution is 2.17. The van der Waals surface area contributed by atoms with Crippen LogP contribution in [0.5, 0.6) is 0 Å². The standard InChI is InChI=1S/C8H18N4O4S/c13-17(14)15-11-8-6-4-2-1-3-5-7-9-10-12(11)16-17/h9-10H,1-8H2. The highest BCUT2D eigenvalue weighted by molar-refractivity contribution is 7.81. The molecule has 0 aromatic heterocycles. The molecule has 0 radical (unpaired) electrons. The summed E-state index contributed by atoms with van der Waals surface area (Å²) in [5.74, 6) is 0. The molecule has 0 aromatic rings. The Labute approximate surface area is 101 Å². The normalized spacial score (nSPS) is 29.2. The molecule has 0 unspecified atom stereocenters. The van der Waals surface area contributed by atoms with Crippen LogP contribution in [0.25, 0.3) is 0 Å². The maximum Gasteiger partial charge on any atom is 0.436 e. The van der Waals surface area contributed by atoms with Crippen LogP contribution in [0.4, 0.5) is 0 Å². The molecule has 2 fully saturated rings. The molecule has 2 saturated heterocycles. The van der Waals surface area contributed by atoms with Crippen molar-refractivity contribution in [2.75, 3.05) is 13.1 Å². The van der Waals surface area contributed by atoms with E-state index in [9.17, 15) is 8.42 Å². The summed E-state index contributed by atoms with van der Waals surface area (Å²) in [4.78, 5) is 0. The van der Waals surface area contributed by atoms with Crippen LogP contribution in [0.2, 0.25) is 0 Å². The van der Waals surface area contributed by atoms with E-state index in [4.69, 9.17) is 0 Å². The SMILES string of the molecule is O=S1(=O)ON2CCCCCCCCNNN2O1. The van der Waals surface area contributed by atoms with Crippen molar-refractivity contribution in [3.05, 3.63) is 0 Å². The van der Waals surface area contributed by atoms with Gasteiger partial charge in [0.25, 0.3) is 0 Å². The predicted molar refractivity (Wildman–Crippen MR) is 58.5 cm³/mol. The van der Waals surface area contributed by atoms with E-state index in [1.165, 1.54) is 12.8 Å². The number of fused-ring (bicyclic) bond motifs is 1. The van der Waals surface area contributed by atoms with Gasteiger partial charge in [0.2, 0.25) is 0 Å². The fourth-order valence-corrected chi connectivity index (χ4v) is 2.42. The third kappa shape index (κ3) is 4.14. The van der Waals surface area contributed by atoms with Gasteiger partial charge in [-0.2, -0.15) is 8.42 Å². The number of hydrazine groups is 3. The number of hydroxylamine groups is 1. The van der Waals surface area contributed by atoms with Gasteiger partial charge < -0.3 is 0 Å². The first-order valence-corrected chi connectivity index (χ1v) is 7.21. The number of nitrogens with one attached hydrogen (secondary N) is 2. The minimum Gasteiger partial charge on any atom is -0.241 e. The van der Waals surface area contributed by atoms with E-state index >= 15 is 0 Å². The topological polar surface area (TPSA) is 83.1 Å². The van der Waals surface area contributed by atoms with E-state index in [1.54, 1.807) is 0 Å². The van der Waals surface area contributed by atoms with Gasteiger partial charge in [0.1, 0.15) is 0 Å². The summed E-state index contributed by atoms with van der Waals surface area (Å²) in [5, 5.41) is 2.13. The van der Waals surface area contributed by atoms with Crippen molar-refractivity contribution in [2.45, 2.75) is 38.5 Å². The summed E-state index contributed by atoms with van der Waals surface area (Å²) in [5.41, 5.74) is 5.52. The fraction of sp³-hybridized carbons (Fsp3) is 1.00. The molecule has 0 amide bonds. The van der Waals surface area contributed by atoms with Crippen LogP contribution < -0.4 is 11.0 Å². The molecule has 0 spiro atoms. The van der Waals surface area contributed by atoms with Gasteiger partial charge >= 0.3 is 10.4 Å². The summed E-state index contributed by atoms with van der Waals surface area (Å²) in [6, 6.07) is 0. The van der Waals surface area contributed by atoms with Gasteiger partial charge in [-0.05, 0) is 12.8 Å². The summed E-state index contributed by atoms with van der Waals surface area (Å²) < 4.78 is 31.5. The second kappa shape index (κ2) is 6.05. The molecule has 17 heavy (non-hydrogen) atoms. The molecule has 9 heteroatoms. The smallest absolute Gasteiger partial charge is 0.241 e. The lowest BCUT2D eigenvalue weighted by atomic mass is 10.1. The molecule has 2 aliphatic rings. The number of nitrogens with zero attached hydrogens (tertiary/aromatic N) is 2. The minimum atomic E-state index is -3.95. The third-order valence-electron chi connectivity index (χ3n) is 2.62. The highest BCUT2D eigenvalue weighted by Gasteiger charge is 2.37. The molecule has 2 N–H and O–H groups in total. The lowest BCUT2D eigenvalue weighted by Gasteiger charge is -2.21. The molecule has 2 rings (SSSR count). The highest BCUT2D eigenvalue weighted by atomic mass is 32.3. The van der Waals surface area contributed by atoms with Crippen molar-refractivity contribution in [1.82, 2.24) is 21.4 Å². The van der Waals surface area contributed by atoms with Crippen molar-refractivity contribution in [3.8, 4) is 0 Å². The average Bonchev–Trinajstić information content (AvgIpc) is 2.54. The van der Waals surface area contributed by atoms with Crippen molar-refractivity contribution in [1.29, 1.82) is 0 Å². The monoisotopic (exact) mass is 266 g/mol. The first-order valence-electron chi connectivity index (χ1n) is 5.88. The van der Waals surface area contributed by atoms with E-state index in [0.29, 0.717) is 6.54 Å². The first kappa shape index (κ1) is 13.1. The van der Waals surface area contributed by atoms with Gasteiger partial charge in [-0.15, -0.1) is 14.1 Å². The van der Waals surface area contributed by atoms with Crippen LogP contribution in [0.1, 0.15) is 38.5 Å². The van der Waals surface area contributed by atoms with Gasteiger partial charge in [-0.3, -0.25) is 0 Å². The van der Waals surface area contributed by atoms with Gasteiger partial charge in [-0.1, -0.05) is 30.9 Å². The average molecular weight is 266 g/mol. The zero-order valence-corrected chi connectivity index (χ0v) is 10.4. The Morgan fingerprint density at radius 3 is 2.47 bits per heavy atom. The fourth-order valence-electron chi connectivity index (χ4n) is 1.77. The Morgan fingerprint density at radius 1 is 0.941 bits per heavy atom.